The molecule has 0 aliphatic heterocycles. The van der Waals surface area contributed by atoms with E-state index >= 15 is 0 Å². The lowest BCUT2D eigenvalue weighted by Crippen LogP contribution is -2.28. The van der Waals surface area contributed by atoms with E-state index in [4.69, 9.17) is 15.2 Å². The minimum absolute atomic E-state index is 0.242. The number of methoxy groups -OCH3 is 2. The topological polar surface area (TPSA) is 68.9 Å². The fourth-order valence-electron chi connectivity index (χ4n) is 2.48. The number of benzene rings is 2. The van der Waals surface area contributed by atoms with E-state index in [0.717, 1.165) is 5.69 Å². The maximum Gasteiger partial charge on any atom is 0.193 e. The summed E-state index contributed by atoms with van der Waals surface area (Å²) in [6, 6.07) is 12.1. The van der Waals surface area contributed by atoms with E-state index in [1.54, 1.807) is 38.5 Å². The van der Waals surface area contributed by atoms with Gasteiger partial charge in [0.1, 0.15) is 5.82 Å². The fourth-order valence-corrected chi connectivity index (χ4v) is 2.48. The Morgan fingerprint density at radius 2 is 1.80 bits per heavy atom. The number of anilines is 1. The van der Waals surface area contributed by atoms with Crippen LogP contribution in [0.2, 0.25) is 0 Å². The van der Waals surface area contributed by atoms with E-state index < -0.39 is 5.41 Å². The molecule has 0 heterocycles. The van der Waals surface area contributed by atoms with Gasteiger partial charge in [0.05, 0.1) is 20.8 Å². The first-order chi connectivity index (χ1) is 11.9. The van der Waals surface area contributed by atoms with Crippen LogP contribution in [0.3, 0.4) is 0 Å². The molecule has 2 aromatic rings. The standard InChI is InChI=1S/C19H24FN3O2/c1-19(2,14-7-5-6-8-15(14)20)12-22-18(21)23-13-9-10-16(24-3)17(11-13)25-4/h5-11H,12H2,1-4H3,(H3,21,22,23). The highest BCUT2D eigenvalue weighted by molar-refractivity contribution is 5.92. The molecule has 0 saturated carbocycles. The highest BCUT2D eigenvalue weighted by Crippen LogP contribution is 2.30. The number of ether oxygens (including phenoxy) is 2. The van der Waals surface area contributed by atoms with Crippen LogP contribution in [-0.2, 0) is 5.41 Å². The Hall–Kier alpha value is -2.76. The summed E-state index contributed by atoms with van der Waals surface area (Å²) in [6.45, 7) is 4.21. The number of nitrogens with one attached hydrogen (secondary N) is 1. The Kier molecular flexibility index (Phi) is 5.85. The third-order valence-corrected chi connectivity index (χ3v) is 3.90. The predicted molar refractivity (Wildman–Crippen MR) is 99.1 cm³/mol. The van der Waals surface area contributed by atoms with Crippen LogP contribution in [0.4, 0.5) is 10.1 Å². The van der Waals surface area contributed by atoms with Crippen LogP contribution in [0, 0.1) is 5.82 Å². The van der Waals surface area contributed by atoms with Crippen molar-refractivity contribution >= 4 is 11.6 Å². The predicted octanol–water partition coefficient (Wildman–Crippen LogP) is 3.55. The van der Waals surface area contributed by atoms with Crippen LogP contribution in [0.15, 0.2) is 47.5 Å². The fraction of sp³-hybridized carbons (Fsp3) is 0.316. The third-order valence-electron chi connectivity index (χ3n) is 3.90. The van der Waals surface area contributed by atoms with Gasteiger partial charge in [-0.1, -0.05) is 32.0 Å². The van der Waals surface area contributed by atoms with Gasteiger partial charge in [-0.15, -0.1) is 0 Å². The van der Waals surface area contributed by atoms with Gasteiger partial charge in [-0.05, 0) is 23.8 Å². The van der Waals surface area contributed by atoms with Gasteiger partial charge in [-0.3, -0.25) is 4.99 Å². The van der Waals surface area contributed by atoms with Crippen LogP contribution in [-0.4, -0.2) is 26.7 Å². The maximum absolute atomic E-state index is 14.0. The molecular formula is C19H24FN3O2. The molecule has 25 heavy (non-hydrogen) atoms. The molecule has 3 N–H and O–H groups in total. The average molecular weight is 345 g/mol. The summed E-state index contributed by atoms with van der Waals surface area (Å²) < 4.78 is 24.4. The second-order valence-corrected chi connectivity index (χ2v) is 6.26. The summed E-state index contributed by atoms with van der Waals surface area (Å²) in [7, 11) is 3.14. The van der Waals surface area contributed by atoms with Gasteiger partial charge in [0.15, 0.2) is 17.5 Å². The molecule has 0 aliphatic carbocycles. The zero-order valence-corrected chi connectivity index (χ0v) is 15.0. The molecular weight excluding hydrogens is 321 g/mol. The smallest absolute Gasteiger partial charge is 0.193 e. The SMILES string of the molecule is COc1ccc(NC(N)=NCC(C)(C)c2ccccc2F)cc1OC. The van der Waals surface area contributed by atoms with Crippen molar-refractivity contribution in [2.45, 2.75) is 19.3 Å². The van der Waals surface area contributed by atoms with Crippen molar-refractivity contribution in [3.63, 3.8) is 0 Å². The Labute approximate surface area is 147 Å². The van der Waals surface area contributed by atoms with Gasteiger partial charge in [0.25, 0.3) is 0 Å². The van der Waals surface area contributed by atoms with Gasteiger partial charge >= 0.3 is 0 Å². The molecule has 5 nitrogen and oxygen atoms in total. The van der Waals surface area contributed by atoms with Crippen molar-refractivity contribution in [1.29, 1.82) is 0 Å². The maximum atomic E-state index is 14.0. The lowest BCUT2D eigenvalue weighted by Gasteiger charge is -2.23. The van der Waals surface area contributed by atoms with Gasteiger partial charge in [-0.2, -0.15) is 0 Å². The van der Waals surface area contributed by atoms with Gasteiger partial charge < -0.3 is 20.5 Å². The molecule has 2 aromatic carbocycles. The molecule has 6 heteroatoms. The zero-order valence-electron chi connectivity index (χ0n) is 15.0. The minimum Gasteiger partial charge on any atom is -0.493 e. The van der Waals surface area contributed by atoms with Gasteiger partial charge in [-0.25, -0.2) is 4.39 Å². The molecule has 0 bridgehead atoms. The van der Waals surface area contributed by atoms with E-state index in [1.165, 1.54) is 6.07 Å². The van der Waals surface area contributed by atoms with Crippen LogP contribution >= 0.6 is 0 Å². The second-order valence-electron chi connectivity index (χ2n) is 6.26. The molecule has 0 unspecified atom stereocenters. The quantitative estimate of drug-likeness (QED) is 0.620. The number of nitrogens with zero attached hydrogens (tertiary/aromatic N) is 1. The summed E-state index contributed by atoms with van der Waals surface area (Å²) in [5.41, 5.74) is 6.82. The van der Waals surface area contributed by atoms with E-state index in [1.807, 2.05) is 26.0 Å². The van der Waals surface area contributed by atoms with Gasteiger partial charge in [0.2, 0.25) is 0 Å². The molecule has 0 amide bonds. The molecule has 0 atom stereocenters. The van der Waals surface area contributed by atoms with E-state index in [0.29, 0.717) is 23.6 Å². The number of rotatable bonds is 6. The Balaban J connectivity index is 2.10. The largest absolute Gasteiger partial charge is 0.493 e. The summed E-state index contributed by atoms with van der Waals surface area (Å²) in [4.78, 5) is 4.35. The first-order valence-corrected chi connectivity index (χ1v) is 7.91. The normalized spacial score (nSPS) is 12.0. The van der Waals surface area contributed by atoms with Gasteiger partial charge in [0, 0.05) is 17.2 Å². The summed E-state index contributed by atoms with van der Waals surface area (Å²) in [5, 5.41) is 3.01. The summed E-state index contributed by atoms with van der Waals surface area (Å²) in [6.07, 6.45) is 0. The highest BCUT2D eigenvalue weighted by Gasteiger charge is 2.23. The molecule has 2 rings (SSSR count). The van der Waals surface area contributed by atoms with Crippen molar-refractivity contribution < 1.29 is 13.9 Å². The monoisotopic (exact) mass is 345 g/mol. The highest BCUT2D eigenvalue weighted by atomic mass is 19.1. The van der Waals surface area contributed by atoms with Crippen LogP contribution in [0.25, 0.3) is 0 Å². The Bertz CT molecular complexity index is 760. The van der Waals surface area contributed by atoms with E-state index in [-0.39, 0.29) is 11.8 Å². The van der Waals surface area contributed by atoms with Crippen molar-refractivity contribution in [3.05, 3.63) is 53.8 Å². The van der Waals surface area contributed by atoms with Crippen LogP contribution < -0.4 is 20.5 Å². The molecule has 0 aliphatic rings. The summed E-state index contributed by atoms with van der Waals surface area (Å²) in [5.74, 6) is 1.22. The third kappa shape index (κ3) is 4.62. The molecule has 134 valence electrons. The number of halogens is 1. The number of guanidine groups is 1. The first kappa shape index (κ1) is 18.6. The number of hydrogen-bond acceptors (Lipinski definition) is 3. The van der Waals surface area contributed by atoms with Crippen LogP contribution in [0.5, 0.6) is 11.5 Å². The average Bonchev–Trinajstić information content (AvgIpc) is 2.60. The molecule has 0 fully saturated rings. The molecule has 0 aromatic heterocycles. The Morgan fingerprint density at radius 1 is 1.12 bits per heavy atom. The van der Waals surface area contributed by atoms with Crippen molar-refractivity contribution in [1.82, 2.24) is 0 Å². The molecule has 0 saturated heterocycles. The number of aliphatic imine (C=N–C) groups is 1. The van der Waals surface area contributed by atoms with E-state index in [9.17, 15) is 4.39 Å². The number of hydrogen-bond donors (Lipinski definition) is 2. The molecule has 0 spiro atoms. The minimum atomic E-state index is -0.477. The lowest BCUT2D eigenvalue weighted by molar-refractivity contribution is 0.355. The lowest BCUT2D eigenvalue weighted by atomic mass is 9.84. The second kappa shape index (κ2) is 7.88. The first-order valence-electron chi connectivity index (χ1n) is 7.91. The van der Waals surface area contributed by atoms with E-state index in [2.05, 4.69) is 10.3 Å². The van der Waals surface area contributed by atoms with Crippen LogP contribution in [0.1, 0.15) is 19.4 Å². The zero-order chi connectivity index (χ0) is 18.4. The number of nitrogens with two attached hydrogens (primary N) is 1. The Morgan fingerprint density at radius 3 is 2.44 bits per heavy atom. The van der Waals surface area contributed by atoms with Crippen molar-refractivity contribution in [2.24, 2.45) is 10.7 Å². The van der Waals surface area contributed by atoms with Crippen molar-refractivity contribution in [3.8, 4) is 11.5 Å². The molecule has 0 radical (unpaired) electrons. The summed E-state index contributed by atoms with van der Waals surface area (Å²) >= 11 is 0. The van der Waals surface area contributed by atoms with Crippen molar-refractivity contribution in [2.75, 3.05) is 26.1 Å².